The average Bonchev–Trinajstić information content (AvgIpc) is 3.00. The van der Waals surface area contributed by atoms with Gasteiger partial charge in [0, 0.05) is 6.42 Å². The maximum absolute atomic E-state index is 10.3. The standard InChI is InChI=1S/C16H14N2OS/c19-14-9-10-5-1-2-6-11(10)15(14)20-16-17-12-7-3-4-8-13(12)18-16/h1-8,14-15,19H,9H2,(H,17,18)/t14-,15-/m0/s1. The van der Waals surface area contributed by atoms with Crippen LogP contribution in [0.2, 0.25) is 0 Å². The molecule has 2 N–H and O–H groups in total. The summed E-state index contributed by atoms with van der Waals surface area (Å²) >= 11 is 1.61. The lowest BCUT2D eigenvalue weighted by Gasteiger charge is -2.13. The number of aromatic nitrogens is 2. The largest absolute Gasteiger partial charge is 0.391 e. The van der Waals surface area contributed by atoms with Crippen LogP contribution in [-0.4, -0.2) is 21.2 Å². The third kappa shape index (κ3) is 1.92. The molecule has 1 heterocycles. The predicted octanol–water partition coefficient (Wildman–Crippen LogP) is 3.31. The zero-order valence-electron chi connectivity index (χ0n) is 10.8. The Kier molecular flexibility index (Phi) is 2.79. The van der Waals surface area contributed by atoms with Gasteiger partial charge in [0.25, 0.3) is 0 Å². The van der Waals surface area contributed by atoms with E-state index in [2.05, 4.69) is 22.1 Å². The van der Waals surface area contributed by atoms with Crippen LogP contribution in [0.15, 0.2) is 53.7 Å². The van der Waals surface area contributed by atoms with E-state index in [1.807, 2.05) is 36.4 Å². The van der Waals surface area contributed by atoms with Crippen LogP contribution in [0.25, 0.3) is 11.0 Å². The van der Waals surface area contributed by atoms with Crippen molar-refractivity contribution in [2.45, 2.75) is 22.9 Å². The Morgan fingerprint density at radius 3 is 2.80 bits per heavy atom. The van der Waals surface area contributed by atoms with Gasteiger partial charge in [-0.05, 0) is 23.3 Å². The number of rotatable bonds is 2. The number of aliphatic hydroxyl groups is 1. The molecule has 4 rings (SSSR count). The molecule has 0 radical (unpaired) electrons. The summed E-state index contributed by atoms with van der Waals surface area (Å²) in [7, 11) is 0. The lowest BCUT2D eigenvalue weighted by Crippen LogP contribution is -2.10. The quantitative estimate of drug-likeness (QED) is 0.758. The minimum Gasteiger partial charge on any atom is -0.391 e. The highest BCUT2D eigenvalue weighted by Gasteiger charge is 2.32. The molecule has 100 valence electrons. The number of hydrogen-bond acceptors (Lipinski definition) is 3. The highest BCUT2D eigenvalue weighted by molar-refractivity contribution is 7.99. The molecule has 0 amide bonds. The van der Waals surface area contributed by atoms with Gasteiger partial charge in [0.15, 0.2) is 5.16 Å². The lowest BCUT2D eigenvalue weighted by molar-refractivity contribution is 0.184. The number of nitrogens with zero attached hydrogens (tertiary/aromatic N) is 1. The fourth-order valence-electron chi connectivity index (χ4n) is 2.78. The van der Waals surface area contributed by atoms with Crippen LogP contribution in [0.3, 0.4) is 0 Å². The van der Waals surface area contributed by atoms with E-state index in [1.165, 1.54) is 11.1 Å². The summed E-state index contributed by atoms with van der Waals surface area (Å²) in [6, 6.07) is 16.2. The summed E-state index contributed by atoms with van der Waals surface area (Å²) < 4.78 is 0. The van der Waals surface area contributed by atoms with Crippen LogP contribution in [0.5, 0.6) is 0 Å². The Labute approximate surface area is 121 Å². The Hall–Kier alpha value is -1.78. The molecule has 0 spiro atoms. The van der Waals surface area contributed by atoms with Crippen molar-refractivity contribution in [3.63, 3.8) is 0 Å². The second-order valence-corrected chi connectivity index (χ2v) is 6.20. The number of H-pyrrole nitrogens is 1. The van der Waals surface area contributed by atoms with Crippen LogP contribution in [0, 0.1) is 0 Å². The van der Waals surface area contributed by atoms with Crippen LogP contribution in [-0.2, 0) is 6.42 Å². The maximum Gasteiger partial charge on any atom is 0.167 e. The molecule has 0 bridgehead atoms. The van der Waals surface area contributed by atoms with Gasteiger partial charge in [-0.3, -0.25) is 0 Å². The number of aromatic amines is 1. The van der Waals surface area contributed by atoms with Crippen molar-refractivity contribution in [1.29, 1.82) is 0 Å². The summed E-state index contributed by atoms with van der Waals surface area (Å²) in [5, 5.41) is 11.2. The van der Waals surface area contributed by atoms with Gasteiger partial charge in [0.2, 0.25) is 0 Å². The molecule has 2 aromatic carbocycles. The molecular weight excluding hydrogens is 268 g/mol. The molecule has 0 fully saturated rings. The summed E-state index contributed by atoms with van der Waals surface area (Å²) in [5.41, 5.74) is 4.48. The van der Waals surface area contributed by atoms with Gasteiger partial charge in [-0.2, -0.15) is 0 Å². The molecule has 1 aliphatic carbocycles. The summed E-state index contributed by atoms with van der Waals surface area (Å²) in [6.07, 6.45) is 0.388. The number of para-hydroxylation sites is 2. The van der Waals surface area contributed by atoms with Crippen molar-refractivity contribution in [2.75, 3.05) is 0 Å². The van der Waals surface area contributed by atoms with Crippen molar-refractivity contribution < 1.29 is 5.11 Å². The van der Waals surface area contributed by atoms with E-state index in [-0.39, 0.29) is 11.4 Å². The predicted molar refractivity (Wildman–Crippen MR) is 80.8 cm³/mol. The number of thioether (sulfide) groups is 1. The second kappa shape index (κ2) is 4.65. The van der Waals surface area contributed by atoms with Crippen LogP contribution in [0.4, 0.5) is 0 Å². The van der Waals surface area contributed by atoms with Crippen LogP contribution >= 0.6 is 11.8 Å². The van der Waals surface area contributed by atoms with E-state index in [1.54, 1.807) is 11.8 Å². The highest BCUT2D eigenvalue weighted by Crippen LogP contribution is 2.44. The van der Waals surface area contributed by atoms with Crippen molar-refractivity contribution in [2.24, 2.45) is 0 Å². The average molecular weight is 282 g/mol. The topological polar surface area (TPSA) is 48.9 Å². The molecule has 2 atom stereocenters. The Morgan fingerprint density at radius 1 is 1.10 bits per heavy atom. The maximum atomic E-state index is 10.3. The Balaban J connectivity index is 1.68. The van der Waals surface area contributed by atoms with Crippen molar-refractivity contribution >= 4 is 22.8 Å². The van der Waals surface area contributed by atoms with Gasteiger partial charge in [-0.15, -0.1) is 0 Å². The van der Waals surface area contributed by atoms with E-state index < -0.39 is 0 Å². The molecular formula is C16H14N2OS. The summed E-state index contributed by atoms with van der Waals surface area (Å²) in [6.45, 7) is 0. The number of benzene rings is 2. The Bertz CT molecular complexity index is 735. The van der Waals surface area contributed by atoms with Gasteiger partial charge in [0.1, 0.15) is 0 Å². The number of aliphatic hydroxyl groups excluding tert-OH is 1. The number of imidazole rings is 1. The molecule has 4 heteroatoms. The van der Waals surface area contributed by atoms with E-state index >= 15 is 0 Å². The highest BCUT2D eigenvalue weighted by atomic mass is 32.2. The van der Waals surface area contributed by atoms with Crippen LogP contribution < -0.4 is 0 Å². The molecule has 0 saturated carbocycles. The van der Waals surface area contributed by atoms with E-state index in [0.717, 1.165) is 22.6 Å². The van der Waals surface area contributed by atoms with Gasteiger partial charge >= 0.3 is 0 Å². The third-order valence-electron chi connectivity index (χ3n) is 3.75. The number of fused-ring (bicyclic) bond motifs is 2. The number of nitrogens with one attached hydrogen (secondary N) is 1. The van der Waals surface area contributed by atoms with Gasteiger partial charge in [-0.25, -0.2) is 4.98 Å². The van der Waals surface area contributed by atoms with Crippen LogP contribution in [0.1, 0.15) is 16.4 Å². The third-order valence-corrected chi connectivity index (χ3v) is 4.99. The van der Waals surface area contributed by atoms with E-state index in [0.29, 0.717) is 0 Å². The fourth-order valence-corrected chi connectivity index (χ4v) is 3.96. The van der Waals surface area contributed by atoms with Gasteiger partial charge in [0.05, 0.1) is 22.4 Å². The second-order valence-electron chi connectivity index (χ2n) is 5.07. The fraction of sp³-hybridized carbons (Fsp3) is 0.188. The van der Waals surface area contributed by atoms with Crippen molar-refractivity contribution in [3.05, 3.63) is 59.7 Å². The smallest absolute Gasteiger partial charge is 0.167 e. The molecule has 0 aliphatic heterocycles. The molecule has 0 saturated heterocycles. The zero-order valence-corrected chi connectivity index (χ0v) is 11.6. The van der Waals surface area contributed by atoms with Crippen molar-refractivity contribution in [3.8, 4) is 0 Å². The Morgan fingerprint density at radius 2 is 1.90 bits per heavy atom. The summed E-state index contributed by atoms with van der Waals surface area (Å²) in [5.74, 6) is 0. The number of hydrogen-bond donors (Lipinski definition) is 2. The molecule has 0 unspecified atom stereocenters. The minimum atomic E-state index is -0.342. The summed E-state index contributed by atoms with van der Waals surface area (Å²) in [4.78, 5) is 7.89. The monoisotopic (exact) mass is 282 g/mol. The normalized spacial score (nSPS) is 21.2. The first kappa shape index (κ1) is 12.0. The first-order chi connectivity index (χ1) is 9.81. The minimum absolute atomic E-state index is 0.0618. The van der Waals surface area contributed by atoms with Gasteiger partial charge in [-0.1, -0.05) is 48.2 Å². The first-order valence-corrected chi connectivity index (χ1v) is 7.56. The molecule has 3 nitrogen and oxygen atoms in total. The molecule has 1 aliphatic rings. The molecule has 3 aromatic rings. The SMILES string of the molecule is O[C@H]1Cc2ccccc2[C@@H]1Sc1nc2ccccc2[nH]1. The van der Waals surface area contributed by atoms with Crippen molar-refractivity contribution in [1.82, 2.24) is 9.97 Å². The van der Waals surface area contributed by atoms with Gasteiger partial charge < -0.3 is 10.1 Å². The molecule has 1 aromatic heterocycles. The van der Waals surface area contributed by atoms with E-state index in [4.69, 9.17) is 0 Å². The molecule has 20 heavy (non-hydrogen) atoms. The lowest BCUT2D eigenvalue weighted by atomic mass is 10.1. The first-order valence-electron chi connectivity index (χ1n) is 6.68. The van der Waals surface area contributed by atoms with E-state index in [9.17, 15) is 5.11 Å². The zero-order chi connectivity index (χ0) is 13.5.